The fraction of sp³-hybridized carbons (Fsp3) is 0.250. The molecule has 0 amide bonds. The van der Waals surface area contributed by atoms with Crippen LogP contribution in [-0.4, -0.2) is 22.2 Å². The number of hydrogen-bond donors (Lipinski definition) is 2. The van der Waals surface area contributed by atoms with E-state index < -0.39 is 22.8 Å². The van der Waals surface area contributed by atoms with Crippen molar-refractivity contribution < 1.29 is 19.8 Å². The second-order valence-corrected chi connectivity index (χ2v) is 10.3. The molecule has 0 saturated carbocycles. The van der Waals surface area contributed by atoms with E-state index in [0.29, 0.717) is 45.9 Å². The Hall–Kier alpha value is -4.68. The van der Waals surface area contributed by atoms with Crippen molar-refractivity contribution in [1.29, 1.82) is 10.5 Å². The first-order valence-corrected chi connectivity index (χ1v) is 12.6. The molecule has 0 aromatic heterocycles. The summed E-state index contributed by atoms with van der Waals surface area (Å²) in [5, 5.41) is 46.6. The Bertz CT molecular complexity index is 1750. The second-order valence-electron chi connectivity index (χ2n) is 10.3. The number of aliphatic carboxylic acids is 2. The topological polar surface area (TPSA) is 122 Å². The van der Waals surface area contributed by atoms with Crippen molar-refractivity contribution in [3.05, 3.63) is 70.8 Å². The van der Waals surface area contributed by atoms with Gasteiger partial charge in [0.05, 0.1) is 34.1 Å². The number of fused-ring (bicyclic) bond motifs is 2. The van der Waals surface area contributed by atoms with E-state index >= 15 is 0 Å². The predicted octanol–water partition coefficient (Wildman–Crippen LogP) is 6.99. The summed E-state index contributed by atoms with van der Waals surface area (Å²) in [7, 11) is 0. The Labute approximate surface area is 219 Å². The van der Waals surface area contributed by atoms with Crippen LogP contribution in [0.4, 0.5) is 0 Å². The molecule has 5 rings (SSSR count). The van der Waals surface area contributed by atoms with Crippen LogP contribution < -0.4 is 0 Å². The lowest BCUT2D eigenvalue weighted by Gasteiger charge is -2.28. The van der Waals surface area contributed by atoms with Gasteiger partial charge in [0.2, 0.25) is 0 Å². The number of carbonyl (C=O) groups is 2. The molecule has 6 nitrogen and oxygen atoms in total. The maximum atomic E-state index is 12.4. The molecule has 0 spiro atoms. The molecule has 6 heteroatoms. The Morgan fingerprint density at radius 2 is 0.947 bits per heavy atom. The monoisotopic (exact) mass is 502 g/mol. The highest BCUT2D eigenvalue weighted by molar-refractivity contribution is 6.34. The molecule has 0 aliphatic carbocycles. The number of benzene rings is 5. The van der Waals surface area contributed by atoms with E-state index in [9.17, 15) is 30.3 Å². The summed E-state index contributed by atoms with van der Waals surface area (Å²) in [6.07, 6.45) is 0.690. The molecular formula is C32H26N2O4. The molecule has 0 aliphatic rings. The molecule has 5 aromatic carbocycles. The number of rotatable bonds is 6. The van der Waals surface area contributed by atoms with E-state index in [0.717, 1.165) is 32.3 Å². The first-order chi connectivity index (χ1) is 18.1. The van der Waals surface area contributed by atoms with Crippen molar-refractivity contribution >= 4 is 55.0 Å². The third-order valence-electron chi connectivity index (χ3n) is 8.69. The van der Waals surface area contributed by atoms with Gasteiger partial charge in [-0.2, -0.15) is 10.5 Å². The number of nitriles is 2. The largest absolute Gasteiger partial charge is 0.481 e. The fourth-order valence-corrected chi connectivity index (χ4v) is 5.91. The normalized spacial score (nSPS) is 14.8. The zero-order valence-electron chi connectivity index (χ0n) is 21.6. The van der Waals surface area contributed by atoms with E-state index in [1.54, 1.807) is 38.1 Å². The van der Waals surface area contributed by atoms with Crippen LogP contribution in [0.15, 0.2) is 48.5 Å². The van der Waals surface area contributed by atoms with Crippen molar-refractivity contribution in [3.63, 3.8) is 0 Å². The first-order valence-electron chi connectivity index (χ1n) is 12.6. The molecule has 0 aliphatic heterocycles. The van der Waals surface area contributed by atoms with E-state index in [-0.39, 0.29) is 0 Å². The number of carboxylic acids is 2. The minimum Gasteiger partial charge on any atom is -0.481 e. The van der Waals surface area contributed by atoms with Crippen molar-refractivity contribution in [2.75, 3.05) is 0 Å². The van der Waals surface area contributed by atoms with E-state index in [4.69, 9.17) is 0 Å². The van der Waals surface area contributed by atoms with Crippen LogP contribution in [0, 0.1) is 22.7 Å². The minimum absolute atomic E-state index is 0.345. The van der Waals surface area contributed by atoms with Crippen molar-refractivity contribution in [1.82, 2.24) is 0 Å². The van der Waals surface area contributed by atoms with Gasteiger partial charge in [-0.3, -0.25) is 9.59 Å². The fourth-order valence-electron chi connectivity index (χ4n) is 5.91. The van der Waals surface area contributed by atoms with Crippen LogP contribution in [0.25, 0.3) is 43.1 Å². The van der Waals surface area contributed by atoms with Gasteiger partial charge in [-0.25, -0.2) is 0 Å². The maximum absolute atomic E-state index is 12.4. The summed E-state index contributed by atoms with van der Waals surface area (Å²) in [5.74, 6) is -1.92. The van der Waals surface area contributed by atoms with Crippen molar-refractivity contribution in [2.24, 2.45) is 0 Å². The Morgan fingerprint density at radius 3 is 1.21 bits per heavy atom. The standard InChI is InChI=1S/C32H26N2O4/c1-5-31(3,29(35)36)23-13-11-21-20-10-8-18(16-34)26-24(32(4,6-2)30(37)38)14-12-22(28(20)26)19-9-7-17(15-33)25(23)27(19)21/h7-14H,5-6H2,1-4H3,(H,35,36)(H,37,38). The Balaban J connectivity index is 2.09. The lowest BCUT2D eigenvalue weighted by molar-refractivity contribution is -0.144. The van der Waals surface area contributed by atoms with Gasteiger partial charge in [-0.1, -0.05) is 50.2 Å². The summed E-state index contributed by atoms with van der Waals surface area (Å²) in [6.45, 7) is 7.01. The highest BCUT2D eigenvalue weighted by Gasteiger charge is 2.38. The Morgan fingerprint density at radius 1 is 0.632 bits per heavy atom. The quantitative estimate of drug-likeness (QED) is 0.191. The zero-order chi connectivity index (χ0) is 27.6. The molecule has 2 atom stereocenters. The summed E-state index contributed by atoms with van der Waals surface area (Å²) < 4.78 is 0. The SMILES string of the molecule is CCC(C)(C(=O)O)c1ccc2c3ccc(C#N)c4c(C(C)(CC)C(=O)O)ccc(c5ccc(C#N)c1c52)c43. The second kappa shape index (κ2) is 8.43. The van der Waals surface area contributed by atoms with E-state index in [1.807, 2.05) is 38.1 Å². The maximum Gasteiger partial charge on any atom is 0.313 e. The molecule has 5 aromatic rings. The molecule has 0 heterocycles. The van der Waals surface area contributed by atoms with Crippen LogP contribution in [0.2, 0.25) is 0 Å². The zero-order valence-corrected chi connectivity index (χ0v) is 21.6. The predicted molar refractivity (Wildman–Crippen MR) is 148 cm³/mol. The molecule has 38 heavy (non-hydrogen) atoms. The van der Waals surface area contributed by atoms with Gasteiger partial charge in [0.25, 0.3) is 0 Å². The molecule has 2 N–H and O–H groups in total. The highest BCUT2D eigenvalue weighted by Crippen LogP contribution is 2.47. The van der Waals surface area contributed by atoms with Crippen LogP contribution in [0.1, 0.15) is 62.8 Å². The molecular weight excluding hydrogens is 476 g/mol. The third-order valence-corrected chi connectivity index (χ3v) is 8.69. The number of hydrogen-bond acceptors (Lipinski definition) is 4. The third kappa shape index (κ3) is 3.04. The molecule has 0 bridgehead atoms. The van der Waals surface area contributed by atoms with E-state index in [1.165, 1.54) is 0 Å². The van der Waals surface area contributed by atoms with Crippen molar-refractivity contribution in [2.45, 2.75) is 51.4 Å². The Kier molecular flexibility index (Phi) is 5.54. The average molecular weight is 503 g/mol. The number of nitrogens with zero attached hydrogens (tertiary/aromatic N) is 2. The molecule has 188 valence electrons. The summed E-state index contributed by atoms with van der Waals surface area (Å²) in [5.41, 5.74) is -0.431. The summed E-state index contributed by atoms with van der Waals surface area (Å²) >= 11 is 0. The van der Waals surface area contributed by atoms with E-state index in [2.05, 4.69) is 12.1 Å². The van der Waals surface area contributed by atoms with Gasteiger partial charge >= 0.3 is 11.9 Å². The molecule has 0 radical (unpaired) electrons. The molecule has 0 fully saturated rings. The average Bonchev–Trinajstić information content (AvgIpc) is 2.93. The van der Waals surface area contributed by atoms with Gasteiger partial charge in [0.1, 0.15) is 0 Å². The lowest BCUT2D eigenvalue weighted by Crippen LogP contribution is -2.32. The van der Waals surface area contributed by atoms with Crippen LogP contribution in [0.5, 0.6) is 0 Å². The summed E-state index contributed by atoms with van der Waals surface area (Å²) in [6, 6.07) is 19.1. The highest BCUT2D eigenvalue weighted by atomic mass is 16.4. The molecule has 2 unspecified atom stereocenters. The lowest BCUT2D eigenvalue weighted by atomic mass is 9.73. The summed E-state index contributed by atoms with van der Waals surface area (Å²) in [4.78, 5) is 24.9. The van der Waals surface area contributed by atoms with Crippen molar-refractivity contribution in [3.8, 4) is 12.1 Å². The van der Waals surface area contributed by atoms with Crippen LogP contribution >= 0.6 is 0 Å². The van der Waals surface area contributed by atoms with Crippen LogP contribution in [0.3, 0.4) is 0 Å². The van der Waals surface area contributed by atoms with Gasteiger partial charge in [-0.05, 0) is 82.3 Å². The molecule has 0 saturated heterocycles. The van der Waals surface area contributed by atoms with Gasteiger partial charge in [0, 0.05) is 10.8 Å². The number of carboxylic acid groups (broad SMARTS) is 2. The smallest absolute Gasteiger partial charge is 0.313 e. The van der Waals surface area contributed by atoms with Gasteiger partial charge in [0.15, 0.2) is 0 Å². The first kappa shape index (κ1) is 25.0. The van der Waals surface area contributed by atoms with Crippen LogP contribution in [-0.2, 0) is 20.4 Å². The van der Waals surface area contributed by atoms with Gasteiger partial charge < -0.3 is 10.2 Å². The minimum atomic E-state index is -1.20. The van der Waals surface area contributed by atoms with Gasteiger partial charge in [-0.15, -0.1) is 0 Å².